The zero-order valence-electron chi connectivity index (χ0n) is 6.20. The first-order chi connectivity index (χ1) is 4.56. The molecule has 5 heteroatoms. The van der Waals surface area contributed by atoms with Crippen LogP contribution in [0.25, 0.3) is 0 Å². The fourth-order valence-corrected chi connectivity index (χ4v) is 1.52. The molecule has 0 radical (unpaired) electrons. The molecule has 0 aromatic rings. The first-order valence-electron chi connectivity index (χ1n) is 2.98. The summed E-state index contributed by atoms with van der Waals surface area (Å²) in [4.78, 5) is 10.8. The Balaban J connectivity index is 3.13. The molecule has 1 atom stereocenters. The molecule has 0 amide bonds. The van der Waals surface area contributed by atoms with Crippen molar-refractivity contribution in [3.63, 3.8) is 0 Å². The van der Waals surface area contributed by atoms with Crippen LogP contribution in [0.1, 0.15) is 6.42 Å². The second-order valence-electron chi connectivity index (χ2n) is 1.95. The third-order valence-corrected chi connectivity index (χ3v) is 2.48. The van der Waals surface area contributed by atoms with Gasteiger partial charge in [-0.2, -0.15) is 11.8 Å². The molecule has 0 spiro atoms. The Labute approximate surface area is 71.5 Å². The standard InChI is InChI=1S/C5H13O2PS2/c1-8(6,9)7-4-3-5-10-2/h3-5H2,1-2H3,(H,6,9)/p-1. The summed E-state index contributed by atoms with van der Waals surface area (Å²) in [6.07, 6.45) is 2.95. The lowest BCUT2D eigenvalue weighted by Crippen LogP contribution is -2.03. The molecule has 0 aliphatic heterocycles. The highest BCUT2D eigenvalue weighted by Crippen LogP contribution is 2.31. The Kier molecular flexibility index (Phi) is 6.07. The van der Waals surface area contributed by atoms with Crippen LogP contribution in [0, 0.1) is 0 Å². The predicted octanol–water partition coefficient (Wildman–Crippen LogP) is 1.06. The lowest BCUT2D eigenvalue weighted by atomic mass is 10.5. The van der Waals surface area contributed by atoms with E-state index in [4.69, 9.17) is 4.52 Å². The number of hydrogen-bond acceptors (Lipinski definition) is 4. The molecule has 0 saturated carbocycles. The summed E-state index contributed by atoms with van der Waals surface area (Å²) in [5.41, 5.74) is 0. The maximum atomic E-state index is 10.8. The first kappa shape index (κ1) is 10.9. The number of thioether (sulfide) groups is 1. The number of hydrogen-bond donors (Lipinski definition) is 0. The van der Waals surface area contributed by atoms with Gasteiger partial charge in [0.05, 0.1) is 6.61 Å². The van der Waals surface area contributed by atoms with Gasteiger partial charge in [0.1, 0.15) is 0 Å². The van der Waals surface area contributed by atoms with Crippen molar-refractivity contribution in [1.29, 1.82) is 0 Å². The van der Waals surface area contributed by atoms with Crippen LogP contribution in [0.3, 0.4) is 0 Å². The minimum absolute atomic E-state index is 0.526. The molecule has 0 saturated heterocycles. The Morgan fingerprint density at radius 3 is 2.70 bits per heavy atom. The summed E-state index contributed by atoms with van der Waals surface area (Å²) in [7, 11) is 0. The van der Waals surface area contributed by atoms with E-state index in [1.54, 1.807) is 11.8 Å². The van der Waals surface area contributed by atoms with Crippen molar-refractivity contribution in [1.82, 2.24) is 0 Å². The molecule has 0 aromatic carbocycles. The summed E-state index contributed by atoms with van der Waals surface area (Å²) in [6, 6.07) is 0. The molecule has 0 N–H and O–H groups in total. The summed E-state index contributed by atoms with van der Waals surface area (Å²) in [5, 5.41) is 0. The Bertz CT molecular complexity index is 123. The van der Waals surface area contributed by atoms with Crippen LogP contribution in [0.5, 0.6) is 0 Å². The zero-order valence-corrected chi connectivity index (χ0v) is 8.73. The van der Waals surface area contributed by atoms with Crippen LogP contribution in [0.4, 0.5) is 0 Å². The summed E-state index contributed by atoms with van der Waals surface area (Å²) < 4.78 is 4.89. The summed E-state index contributed by atoms with van der Waals surface area (Å²) in [5.74, 6) is 1.04. The van der Waals surface area contributed by atoms with E-state index < -0.39 is 6.49 Å². The van der Waals surface area contributed by atoms with E-state index in [0.717, 1.165) is 12.2 Å². The van der Waals surface area contributed by atoms with Crippen molar-refractivity contribution in [3.05, 3.63) is 0 Å². The van der Waals surface area contributed by atoms with E-state index in [-0.39, 0.29) is 0 Å². The van der Waals surface area contributed by atoms with Gasteiger partial charge in [-0.15, -0.1) is 0 Å². The van der Waals surface area contributed by atoms with Crippen LogP contribution in [-0.4, -0.2) is 25.3 Å². The van der Waals surface area contributed by atoms with Gasteiger partial charge in [-0.05, 0) is 31.6 Å². The second kappa shape index (κ2) is 5.56. The van der Waals surface area contributed by atoms with Crippen LogP contribution < -0.4 is 4.89 Å². The SMILES string of the molecule is CSCCCOP(C)([O-])=S. The quantitative estimate of drug-likeness (QED) is 0.489. The van der Waals surface area contributed by atoms with E-state index in [2.05, 4.69) is 11.8 Å². The smallest absolute Gasteiger partial charge is 0.0510 e. The maximum absolute atomic E-state index is 10.8. The average molecular weight is 199 g/mol. The number of rotatable bonds is 5. The average Bonchev–Trinajstić information content (AvgIpc) is 1.78. The molecule has 0 aliphatic rings. The van der Waals surface area contributed by atoms with E-state index >= 15 is 0 Å². The van der Waals surface area contributed by atoms with Crippen molar-refractivity contribution < 1.29 is 9.42 Å². The van der Waals surface area contributed by atoms with Crippen LogP contribution >= 0.6 is 18.3 Å². The van der Waals surface area contributed by atoms with Gasteiger partial charge in [0.25, 0.3) is 0 Å². The molecule has 10 heavy (non-hydrogen) atoms. The van der Waals surface area contributed by atoms with E-state index in [1.165, 1.54) is 6.66 Å². The van der Waals surface area contributed by atoms with Gasteiger partial charge in [-0.25, -0.2) is 0 Å². The molecule has 1 unspecified atom stereocenters. The van der Waals surface area contributed by atoms with Crippen molar-refractivity contribution in [2.75, 3.05) is 25.3 Å². The van der Waals surface area contributed by atoms with E-state index in [0.29, 0.717) is 6.61 Å². The van der Waals surface area contributed by atoms with Gasteiger partial charge >= 0.3 is 0 Å². The minimum atomic E-state index is -2.63. The van der Waals surface area contributed by atoms with Crippen molar-refractivity contribution in [3.8, 4) is 0 Å². The normalized spacial score (nSPS) is 16.7. The molecule has 2 nitrogen and oxygen atoms in total. The van der Waals surface area contributed by atoms with Gasteiger partial charge < -0.3 is 9.42 Å². The highest BCUT2D eigenvalue weighted by Gasteiger charge is 1.92. The molecule has 0 rings (SSSR count). The molecule has 0 aromatic heterocycles. The lowest BCUT2D eigenvalue weighted by Gasteiger charge is -2.21. The van der Waals surface area contributed by atoms with Gasteiger partial charge in [-0.1, -0.05) is 11.8 Å². The largest absolute Gasteiger partial charge is 0.801 e. The zero-order chi connectivity index (χ0) is 8.04. The molecule has 62 valence electrons. The Morgan fingerprint density at radius 1 is 1.70 bits per heavy atom. The van der Waals surface area contributed by atoms with Gasteiger partial charge in [0.2, 0.25) is 0 Å². The highest BCUT2D eigenvalue weighted by atomic mass is 32.5. The summed E-state index contributed by atoms with van der Waals surface area (Å²) in [6.45, 7) is -0.646. The molecular weight excluding hydrogens is 187 g/mol. The molecule has 0 aliphatic carbocycles. The maximum Gasteiger partial charge on any atom is 0.0510 e. The van der Waals surface area contributed by atoms with Gasteiger partial charge in [0.15, 0.2) is 0 Å². The molecule has 0 fully saturated rings. The fraction of sp³-hybridized carbons (Fsp3) is 1.00. The van der Waals surface area contributed by atoms with Crippen LogP contribution in [0.15, 0.2) is 0 Å². The topological polar surface area (TPSA) is 32.3 Å². The second-order valence-corrected chi connectivity index (χ2v) is 6.73. The van der Waals surface area contributed by atoms with Crippen molar-refractivity contribution in [2.45, 2.75) is 6.42 Å². The monoisotopic (exact) mass is 199 g/mol. The van der Waals surface area contributed by atoms with Crippen LogP contribution in [0.2, 0.25) is 0 Å². The van der Waals surface area contributed by atoms with Crippen molar-refractivity contribution in [2.24, 2.45) is 0 Å². The Hall–Kier alpha value is 0.920. The predicted molar refractivity (Wildman–Crippen MR) is 49.2 cm³/mol. The van der Waals surface area contributed by atoms with Crippen molar-refractivity contribution >= 4 is 30.1 Å². The van der Waals surface area contributed by atoms with E-state index in [9.17, 15) is 4.89 Å². The van der Waals surface area contributed by atoms with Gasteiger partial charge in [0, 0.05) is 0 Å². The summed E-state index contributed by atoms with van der Waals surface area (Å²) >= 11 is 6.31. The van der Waals surface area contributed by atoms with E-state index in [1.807, 2.05) is 6.26 Å². The third kappa shape index (κ3) is 8.92. The molecule has 0 bridgehead atoms. The van der Waals surface area contributed by atoms with Gasteiger partial charge in [-0.3, -0.25) is 0 Å². The highest BCUT2D eigenvalue weighted by molar-refractivity contribution is 8.08. The molecular formula is C5H12O2PS2-. The lowest BCUT2D eigenvalue weighted by molar-refractivity contribution is -0.180. The van der Waals surface area contributed by atoms with Crippen LogP contribution in [-0.2, 0) is 16.3 Å². The third-order valence-electron chi connectivity index (χ3n) is 0.819. The minimum Gasteiger partial charge on any atom is -0.801 e. The Morgan fingerprint density at radius 2 is 2.30 bits per heavy atom. The molecule has 0 heterocycles. The fourth-order valence-electron chi connectivity index (χ4n) is 0.434. The first-order valence-corrected chi connectivity index (χ1v) is 7.46.